The fraction of sp³-hybridized carbons (Fsp3) is 0.588. The minimum atomic E-state index is -0.388. The minimum absolute atomic E-state index is 0.110. The van der Waals surface area contributed by atoms with E-state index < -0.39 is 0 Å². The molecule has 0 aliphatic carbocycles. The number of aliphatic hydroxyl groups is 1. The monoisotopic (exact) mass is 290 g/mol. The molecule has 4 heteroatoms. The molecule has 2 rings (SSSR count). The Bertz CT molecular complexity index is 485. The zero-order valence-electron chi connectivity index (χ0n) is 13.4. The Morgan fingerprint density at radius 3 is 2.24 bits per heavy atom. The summed E-state index contributed by atoms with van der Waals surface area (Å²) in [6, 6.07) is 6.09. The Labute approximate surface area is 127 Å². The van der Waals surface area contributed by atoms with Gasteiger partial charge in [0.25, 0.3) is 0 Å². The van der Waals surface area contributed by atoms with Crippen LogP contribution >= 0.6 is 0 Å². The van der Waals surface area contributed by atoms with Gasteiger partial charge in [0.1, 0.15) is 0 Å². The number of carbonyl (C=O) groups is 1. The predicted molar refractivity (Wildman–Crippen MR) is 85.8 cm³/mol. The molecule has 1 atom stereocenters. The van der Waals surface area contributed by atoms with Gasteiger partial charge in [-0.05, 0) is 29.4 Å². The number of rotatable bonds is 3. The molecule has 0 aromatic heterocycles. The highest BCUT2D eigenvalue weighted by molar-refractivity contribution is 5.91. The van der Waals surface area contributed by atoms with Gasteiger partial charge in [-0.3, -0.25) is 0 Å². The summed E-state index contributed by atoms with van der Waals surface area (Å²) in [5.41, 5.74) is 3.26. The van der Waals surface area contributed by atoms with E-state index in [4.69, 9.17) is 0 Å². The maximum atomic E-state index is 12.4. The van der Waals surface area contributed by atoms with Gasteiger partial charge in [-0.15, -0.1) is 0 Å². The van der Waals surface area contributed by atoms with Crippen LogP contribution in [0.15, 0.2) is 18.2 Å². The molecule has 1 aromatic rings. The van der Waals surface area contributed by atoms with Crippen molar-refractivity contribution in [2.45, 2.75) is 52.1 Å². The molecule has 2 amide bonds. The van der Waals surface area contributed by atoms with E-state index in [2.05, 4.69) is 51.2 Å². The molecular weight excluding hydrogens is 264 g/mol. The van der Waals surface area contributed by atoms with Crippen LogP contribution in [-0.2, 0) is 0 Å². The van der Waals surface area contributed by atoms with Gasteiger partial charge >= 0.3 is 6.03 Å². The van der Waals surface area contributed by atoms with Crippen LogP contribution in [0.4, 0.5) is 10.5 Å². The molecule has 1 fully saturated rings. The van der Waals surface area contributed by atoms with Crippen LogP contribution in [0.3, 0.4) is 0 Å². The number of aliphatic hydroxyl groups excluding tert-OH is 1. The van der Waals surface area contributed by atoms with Gasteiger partial charge in [0.05, 0.1) is 6.10 Å². The summed E-state index contributed by atoms with van der Waals surface area (Å²) < 4.78 is 0. The summed E-state index contributed by atoms with van der Waals surface area (Å²) in [5, 5.41) is 12.7. The van der Waals surface area contributed by atoms with Crippen LogP contribution in [0.1, 0.15) is 57.1 Å². The van der Waals surface area contributed by atoms with Crippen molar-refractivity contribution in [1.82, 2.24) is 4.90 Å². The number of nitrogens with zero attached hydrogens (tertiary/aromatic N) is 1. The summed E-state index contributed by atoms with van der Waals surface area (Å²) in [4.78, 5) is 14.1. The molecule has 1 aromatic carbocycles. The van der Waals surface area contributed by atoms with E-state index in [1.54, 1.807) is 4.90 Å². The van der Waals surface area contributed by atoms with Crippen LogP contribution in [0, 0.1) is 0 Å². The maximum absolute atomic E-state index is 12.4. The first-order valence-electron chi connectivity index (χ1n) is 7.77. The third-order valence-corrected chi connectivity index (χ3v) is 4.06. The molecule has 1 saturated heterocycles. The summed E-state index contributed by atoms with van der Waals surface area (Å²) in [7, 11) is 0. The van der Waals surface area contributed by atoms with Crippen LogP contribution in [0.2, 0.25) is 0 Å². The number of benzene rings is 1. The number of urea groups is 1. The summed E-state index contributed by atoms with van der Waals surface area (Å²) in [6.07, 6.45) is 0.275. The average Bonchev–Trinajstić information content (AvgIpc) is 2.85. The molecule has 0 spiro atoms. The van der Waals surface area contributed by atoms with E-state index in [1.165, 1.54) is 0 Å². The number of β-amino-alcohol motifs (C(OH)–C–C–N with tert-alkyl or cyclic N) is 1. The molecule has 1 aliphatic rings. The van der Waals surface area contributed by atoms with Gasteiger partial charge < -0.3 is 15.3 Å². The minimum Gasteiger partial charge on any atom is -0.391 e. The normalized spacial score (nSPS) is 18.6. The van der Waals surface area contributed by atoms with Crippen molar-refractivity contribution in [3.63, 3.8) is 0 Å². The second kappa shape index (κ2) is 6.48. The lowest BCUT2D eigenvalue weighted by Crippen LogP contribution is -2.34. The van der Waals surface area contributed by atoms with Crippen LogP contribution in [0.5, 0.6) is 0 Å². The van der Waals surface area contributed by atoms with Crippen molar-refractivity contribution in [2.75, 3.05) is 18.4 Å². The lowest BCUT2D eigenvalue weighted by molar-refractivity contribution is 0.176. The quantitative estimate of drug-likeness (QED) is 0.894. The highest BCUT2D eigenvalue weighted by Crippen LogP contribution is 2.32. The molecule has 4 nitrogen and oxygen atoms in total. The smallest absolute Gasteiger partial charge is 0.321 e. The highest BCUT2D eigenvalue weighted by Gasteiger charge is 2.26. The van der Waals surface area contributed by atoms with E-state index in [9.17, 15) is 9.90 Å². The molecule has 0 unspecified atom stereocenters. The number of carbonyl (C=O) groups excluding carboxylic acids is 1. The van der Waals surface area contributed by atoms with E-state index in [0.29, 0.717) is 31.3 Å². The summed E-state index contributed by atoms with van der Waals surface area (Å²) >= 11 is 0. The Kier molecular flexibility index (Phi) is 4.88. The van der Waals surface area contributed by atoms with Gasteiger partial charge in [0, 0.05) is 18.8 Å². The average molecular weight is 290 g/mol. The fourth-order valence-electron chi connectivity index (χ4n) is 2.81. The lowest BCUT2D eigenvalue weighted by Gasteiger charge is -2.23. The first kappa shape index (κ1) is 15.8. The number of para-hydroxylation sites is 1. The lowest BCUT2D eigenvalue weighted by atomic mass is 9.93. The molecule has 2 N–H and O–H groups in total. The van der Waals surface area contributed by atoms with Crippen molar-refractivity contribution >= 4 is 11.7 Å². The maximum Gasteiger partial charge on any atom is 0.321 e. The molecule has 21 heavy (non-hydrogen) atoms. The van der Waals surface area contributed by atoms with Gasteiger partial charge in [0.2, 0.25) is 0 Å². The Morgan fingerprint density at radius 2 is 1.81 bits per heavy atom. The van der Waals surface area contributed by atoms with Crippen molar-refractivity contribution in [3.05, 3.63) is 29.3 Å². The van der Waals surface area contributed by atoms with Crippen LogP contribution in [-0.4, -0.2) is 35.2 Å². The zero-order valence-corrected chi connectivity index (χ0v) is 13.4. The number of anilines is 1. The molecule has 1 heterocycles. The van der Waals surface area contributed by atoms with Gasteiger partial charge in [-0.25, -0.2) is 4.79 Å². The topological polar surface area (TPSA) is 52.6 Å². The third kappa shape index (κ3) is 3.56. The number of hydrogen-bond acceptors (Lipinski definition) is 2. The van der Waals surface area contributed by atoms with Gasteiger partial charge in [-0.1, -0.05) is 45.9 Å². The fourth-order valence-corrected chi connectivity index (χ4v) is 2.81. The van der Waals surface area contributed by atoms with Gasteiger partial charge in [-0.2, -0.15) is 0 Å². The molecular formula is C17H26N2O2. The first-order valence-corrected chi connectivity index (χ1v) is 7.77. The highest BCUT2D eigenvalue weighted by atomic mass is 16.3. The number of nitrogens with one attached hydrogen (secondary N) is 1. The standard InChI is InChI=1S/C17H26N2O2/c1-11(2)14-6-5-7-15(12(3)4)16(14)18-17(21)19-9-8-13(20)10-19/h5-7,11-13,20H,8-10H2,1-4H3,(H,18,21)/t13-/m1/s1. The Balaban J connectivity index is 2.27. The van der Waals surface area contributed by atoms with E-state index >= 15 is 0 Å². The second-order valence-corrected chi connectivity index (χ2v) is 6.44. The zero-order chi connectivity index (χ0) is 15.6. The van der Waals surface area contributed by atoms with Crippen molar-refractivity contribution in [1.29, 1.82) is 0 Å². The molecule has 0 saturated carbocycles. The first-order chi connectivity index (χ1) is 9.90. The van der Waals surface area contributed by atoms with E-state index in [1.807, 2.05) is 0 Å². The largest absolute Gasteiger partial charge is 0.391 e. The van der Waals surface area contributed by atoms with Crippen molar-refractivity contribution in [2.24, 2.45) is 0 Å². The summed E-state index contributed by atoms with van der Waals surface area (Å²) in [6.45, 7) is 9.58. The number of hydrogen-bond donors (Lipinski definition) is 2. The number of likely N-dealkylation sites (tertiary alicyclic amines) is 1. The number of amides is 2. The van der Waals surface area contributed by atoms with E-state index in [-0.39, 0.29) is 12.1 Å². The SMILES string of the molecule is CC(C)c1cccc(C(C)C)c1NC(=O)N1CC[C@@H](O)C1. The van der Waals surface area contributed by atoms with E-state index in [0.717, 1.165) is 16.8 Å². The van der Waals surface area contributed by atoms with Crippen molar-refractivity contribution < 1.29 is 9.90 Å². The molecule has 0 radical (unpaired) electrons. The molecule has 0 bridgehead atoms. The third-order valence-electron chi connectivity index (χ3n) is 4.06. The molecule has 116 valence electrons. The summed E-state index contributed by atoms with van der Waals surface area (Å²) in [5.74, 6) is 0.700. The Morgan fingerprint density at radius 1 is 1.24 bits per heavy atom. The van der Waals surface area contributed by atoms with Crippen LogP contribution < -0.4 is 5.32 Å². The van der Waals surface area contributed by atoms with Gasteiger partial charge in [0.15, 0.2) is 0 Å². The van der Waals surface area contributed by atoms with Crippen LogP contribution in [0.25, 0.3) is 0 Å². The Hall–Kier alpha value is -1.55. The molecule has 1 aliphatic heterocycles. The van der Waals surface area contributed by atoms with Crippen molar-refractivity contribution in [3.8, 4) is 0 Å². The predicted octanol–water partition coefficient (Wildman–Crippen LogP) is 3.53. The second-order valence-electron chi connectivity index (χ2n) is 6.44.